The summed E-state index contributed by atoms with van der Waals surface area (Å²) >= 11 is 1.53. The van der Waals surface area contributed by atoms with E-state index in [1.54, 1.807) is 10.4 Å². The Morgan fingerprint density at radius 2 is 2.05 bits per heavy atom. The molecule has 1 aromatic heterocycles. The van der Waals surface area contributed by atoms with Crippen LogP contribution in [0.2, 0.25) is 0 Å². The summed E-state index contributed by atoms with van der Waals surface area (Å²) in [5.41, 5.74) is 0. The first-order valence-electron chi connectivity index (χ1n) is 7.40. The van der Waals surface area contributed by atoms with Gasteiger partial charge in [0, 0.05) is 24.5 Å². The predicted octanol–water partition coefficient (Wildman–Crippen LogP) is 2.28. The van der Waals surface area contributed by atoms with Gasteiger partial charge in [-0.15, -0.1) is 11.3 Å². The van der Waals surface area contributed by atoms with Gasteiger partial charge in [-0.05, 0) is 42.7 Å². The van der Waals surface area contributed by atoms with E-state index in [0.717, 1.165) is 24.5 Å². The molecule has 112 valence electrons. The van der Waals surface area contributed by atoms with Gasteiger partial charge in [-0.1, -0.05) is 13.3 Å². The van der Waals surface area contributed by atoms with Crippen molar-refractivity contribution in [3.63, 3.8) is 0 Å². The third kappa shape index (κ3) is 2.54. The number of hydrogen-bond donors (Lipinski definition) is 1. The summed E-state index contributed by atoms with van der Waals surface area (Å²) in [6, 6.07) is 1.76. The number of thiophene rings is 1. The van der Waals surface area contributed by atoms with E-state index in [1.807, 2.05) is 12.3 Å². The Labute approximate surface area is 125 Å². The summed E-state index contributed by atoms with van der Waals surface area (Å²) in [5.74, 6) is 1.20. The van der Waals surface area contributed by atoms with Gasteiger partial charge in [0.05, 0.1) is 4.90 Å². The van der Waals surface area contributed by atoms with Gasteiger partial charge in [-0.25, -0.2) is 8.42 Å². The first kappa shape index (κ1) is 14.5. The van der Waals surface area contributed by atoms with Crippen molar-refractivity contribution in [2.45, 2.75) is 37.6 Å². The van der Waals surface area contributed by atoms with Crippen LogP contribution in [0.15, 0.2) is 16.3 Å². The zero-order chi connectivity index (χ0) is 14.2. The van der Waals surface area contributed by atoms with Crippen LogP contribution < -0.4 is 5.32 Å². The summed E-state index contributed by atoms with van der Waals surface area (Å²) < 4.78 is 27.4. The molecular weight excluding hydrogens is 292 g/mol. The summed E-state index contributed by atoms with van der Waals surface area (Å²) in [6.45, 7) is 4.98. The van der Waals surface area contributed by atoms with Crippen molar-refractivity contribution < 1.29 is 8.42 Å². The molecule has 2 unspecified atom stereocenters. The molecule has 1 saturated carbocycles. The topological polar surface area (TPSA) is 49.4 Å². The van der Waals surface area contributed by atoms with Crippen molar-refractivity contribution in [3.05, 3.63) is 16.3 Å². The SMILES string of the molecule is CCNCc1sccc1S(=O)(=O)N1CC2CCCC2C1. The highest BCUT2D eigenvalue weighted by atomic mass is 32.2. The van der Waals surface area contributed by atoms with E-state index in [4.69, 9.17) is 0 Å². The lowest BCUT2D eigenvalue weighted by molar-refractivity contribution is 0.445. The van der Waals surface area contributed by atoms with Crippen LogP contribution >= 0.6 is 11.3 Å². The molecule has 3 rings (SSSR count). The Morgan fingerprint density at radius 1 is 1.35 bits per heavy atom. The standard InChI is InChI=1S/C14H22N2O2S2/c1-2-15-8-13-14(6-7-19-13)20(17,18)16-9-11-4-3-5-12(11)10-16/h6-7,11-12,15H,2-5,8-10H2,1H3. The molecule has 2 heterocycles. The van der Waals surface area contributed by atoms with Gasteiger partial charge in [0.25, 0.3) is 0 Å². The Balaban J connectivity index is 1.80. The first-order chi connectivity index (χ1) is 9.63. The van der Waals surface area contributed by atoms with E-state index in [-0.39, 0.29) is 0 Å². The Bertz CT molecular complexity index is 555. The van der Waals surface area contributed by atoms with Gasteiger partial charge >= 0.3 is 0 Å². The van der Waals surface area contributed by atoms with Crippen molar-refractivity contribution in [2.75, 3.05) is 19.6 Å². The zero-order valence-corrected chi connectivity index (χ0v) is 13.5. The van der Waals surface area contributed by atoms with Gasteiger partial charge < -0.3 is 5.32 Å². The van der Waals surface area contributed by atoms with E-state index in [2.05, 4.69) is 5.32 Å². The molecular formula is C14H22N2O2S2. The van der Waals surface area contributed by atoms with Crippen LogP contribution in [-0.2, 0) is 16.6 Å². The molecule has 0 aromatic carbocycles. The zero-order valence-electron chi connectivity index (χ0n) is 11.8. The second-order valence-electron chi connectivity index (χ2n) is 5.76. The van der Waals surface area contributed by atoms with Gasteiger partial charge in [-0.3, -0.25) is 0 Å². The highest BCUT2D eigenvalue weighted by Gasteiger charge is 2.42. The molecule has 1 aliphatic heterocycles. The predicted molar refractivity (Wildman–Crippen MR) is 81.3 cm³/mol. The fourth-order valence-electron chi connectivity index (χ4n) is 3.45. The number of fused-ring (bicyclic) bond motifs is 1. The second-order valence-corrected chi connectivity index (χ2v) is 8.67. The van der Waals surface area contributed by atoms with Crippen LogP contribution in [0.4, 0.5) is 0 Å². The Kier molecular flexibility index (Phi) is 4.17. The molecule has 1 aliphatic carbocycles. The van der Waals surface area contributed by atoms with Crippen LogP contribution in [0.25, 0.3) is 0 Å². The van der Waals surface area contributed by atoms with Crippen LogP contribution in [-0.4, -0.2) is 32.4 Å². The minimum Gasteiger partial charge on any atom is -0.312 e. The summed E-state index contributed by atoms with van der Waals surface area (Å²) in [4.78, 5) is 1.45. The molecule has 1 N–H and O–H groups in total. The van der Waals surface area contributed by atoms with Crippen molar-refractivity contribution >= 4 is 21.4 Å². The maximum atomic E-state index is 12.8. The highest BCUT2D eigenvalue weighted by Crippen LogP contribution is 2.40. The van der Waals surface area contributed by atoms with E-state index in [1.165, 1.54) is 30.6 Å². The Morgan fingerprint density at radius 3 is 2.70 bits per heavy atom. The van der Waals surface area contributed by atoms with Gasteiger partial charge in [0.2, 0.25) is 10.0 Å². The number of nitrogens with zero attached hydrogens (tertiary/aromatic N) is 1. The minimum absolute atomic E-state index is 0.517. The molecule has 2 fully saturated rings. The molecule has 1 saturated heterocycles. The van der Waals surface area contributed by atoms with E-state index >= 15 is 0 Å². The molecule has 0 bridgehead atoms. The second kappa shape index (κ2) is 5.75. The summed E-state index contributed by atoms with van der Waals surface area (Å²) in [7, 11) is -3.29. The molecule has 0 radical (unpaired) electrons. The average Bonchev–Trinajstić information content (AvgIpc) is 3.10. The summed E-state index contributed by atoms with van der Waals surface area (Å²) in [6.07, 6.45) is 3.67. The minimum atomic E-state index is -3.29. The third-order valence-electron chi connectivity index (χ3n) is 4.55. The lowest BCUT2D eigenvalue weighted by Crippen LogP contribution is -2.30. The van der Waals surface area contributed by atoms with Crippen molar-refractivity contribution in [1.82, 2.24) is 9.62 Å². The number of nitrogens with one attached hydrogen (secondary N) is 1. The smallest absolute Gasteiger partial charge is 0.244 e. The lowest BCUT2D eigenvalue weighted by Gasteiger charge is -2.17. The quantitative estimate of drug-likeness (QED) is 0.907. The number of hydrogen-bond acceptors (Lipinski definition) is 4. The summed E-state index contributed by atoms with van der Waals surface area (Å²) in [5, 5.41) is 5.11. The van der Waals surface area contributed by atoms with Crippen LogP contribution in [0.5, 0.6) is 0 Å². The fourth-order valence-corrected chi connectivity index (χ4v) is 6.39. The van der Waals surface area contributed by atoms with Crippen LogP contribution in [0.1, 0.15) is 31.1 Å². The molecule has 6 heteroatoms. The highest BCUT2D eigenvalue weighted by molar-refractivity contribution is 7.89. The molecule has 0 spiro atoms. The number of rotatable bonds is 5. The van der Waals surface area contributed by atoms with Gasteiger partial charge in [0.1, 0.15) is 0 Å². The Hall–Kier alpha value is -0.430. The van der Waals surface area contributed by atoms with Gasteiger partial charge in [-0.2, -0.15) is 4.31 Å². The van der Waals surface area contributed by atoms with Crippen molar-refractivity contribution in [3.8, 4) is 0 Å². The lowest BCUT2D eigenvalue weighted by atomic mass is 10.0. The molecule has 20 heavy (non-hydrogen) atoms. The normalized spacial score (nSPS) is 27.1. The maximum Gasteiger partial charge on any atom is 0.244 e. The molecule has 2 aliphatic rings. The number of sulfonamides is 1. The van der Waals surface area contributed by atoms with E-state index < -0.39 is 10.0 Å². The monoisotopic (exact) mass is 314 g/mol. The average molecular weight is 314 g/mol. The largest absolute Gasteiger partial charge is 0.312 e. The van der Waals surface area contributed by atoms with Crippen molar-refractivity contribution in [2.24, 2.45) is 11.8 Å². The van der Waals surface area contributed by atoms with E-state index in [0.29, 0.717) is 23.3 Å². The van der Waals surface area contributed by atoms with Gasteiger partial charge in [0.15, 0.2) is 0 Å². The van der Waals surface area contributed by atoms with E-state index in [9.17, 15) is 8.42 Å². The first-order valence-corrected chi connectivity index (χ1v) is 9.72. The maximum absolute atomic E-state index is 12.8. The third-order valence-corrected chi connectivity index (χ3v) is 7.52. The van der Waals surface area contributed by atoms with Crippen LogP contribution in [0, 0.1) is 11.8 Å². The van der Waals surface area contributed by atoms with Crippen LogP contribution in [0.3, 0.4) is 0 Å². The molecule has 2 atom stereocenters. The molecule has 1 aromatic rings. The molecule has 4 nitrogen and oxygen atoms in total. The van der Waals surface area contributed by atoms with Crippen molar-refractivity contribution in [1.29, 1.82) is 0 Å². The molecule has 0 amide bonds. The fraction of sp³-hybridized carbons (Fsp3) is 0.714.